The van der Waals surface area contributed by atoms with Crippen LogP contribution < -0.4 is 0 Å². The van der Waals surface area contributed by atoms with E-state index in [9.17, 15) is 5.11 Å². The average molecular weight is 188 g/mol. The van der Waals surface area contributed by atoms with Gasteiger partial charge >= 0.3 is 0 Å². The molecule has 0 aromatic rings. The van der Waals surface area contributed by atoms with Crippen molar-refractivity contribution in [3.05, 3.63) is 0 Å². The van der Waals surface area contributed by atoms with Crippen LogP contribution in [0.4, 0.5) is 0 Å². The monoisotopic (exact) mass is 188 g/mol. The summed E-state index contributed by atoms with van der Waals surface area (Å²) >= 11 is 0. The van der Waals surface area contributed by atoms with Gasteiger partial charge in [-0.3, -0.25) is 0 Å². The molecule has 0 spiro atoms. The molecule has 4 atom stereocenters. The van der Waals surface area contributed by atoms with Crippen molar-refractivity contribution < 1.29 is 14.6 Å². The highest BCUT2D eigenvalue weighted by Crippen LogP contribution is 2.26. The molecular weight excluding hydrogens is 168 g/mol. The highest BCUT2D eigenvalue weighted by atomic mass is 16.5. The van der Waals surface area contributed by atoms with E-state index < -0.39 is 6.10 Å². The van der Waals surface area contributed by atoms with Crippen LogP contribution >= 0.6 is 0 Å². The second kappa shape index (κ2) is 4.40. The minimum Gasteiger partial charge on any atom is -0.390 e. The zero-order chi connectivity index (χ0) is 10.0. The summed E-state index contributed by atoms with van der Waals surface area (Å²) in [5.41, 5.74) is 0. The fraction of sp³-hybridized carbons (Fsp3) is 1.00. The van der Waals surface area contributed by atoms with Gasteiger partial charge in [-0.2, -0.15) is 0 Å². The average Bonchev–Trinajstić information content (AvgIpc) is 2.09. The van der Waals surface area contributed by atoms with Gasteiger partial charge in [0.1, 0.15) is 6.10 Å². The molecule has 0 amide bonds. The van der Waals surface area contributed by atoms with Gasteiger partial charge in [0.05, 0.1) is 18.8 Å². The van der Waals surface area contributed by atoms with Gasteiger partial charge in [-0.1, -0.05) is 20.8 Å². The Morgan fingerprint density at radius 1 is 1.46 bits per heavy atom. The first kappa shape index (κ1) is 11.0. The predicted molar refractivity (Wildman–Crippen MR) is 50.5 cm³/mol. The SMILES string of the molecule is CO[C@H]1C(C(C)C)OC[C@@H](C)[C@@H]1O. The lowest BCUT2D eigenvalue weighted by Crippen LogP contribution is -2.52. The summed E-state index contributed by atoms with van der Waals surface area (Å²) in [6, 6.07) is 0. The van der Waals surface area contributed by atoms with E-state index in [0.29, 0.717) is 12.5 Å². The molecule has 0 aliphatic carbocycles. The highest BCUT2D eigenvalue weighted by Gasteiger charge is 2.38. The molecule has 78 valence electrons. The summed E-state index contributed by atoms with van der Waals surface area (Å²) < 4.78 is 10.9. The first-order chi connectivity index (χ1) is 6.07. The van der Waals surface area contributed by atoms with E-state index in [-0.39, 0.29) is 18.1 Å². The number of aliphatic hydroxyl groups is 1. The lowest BCUT2D eigenvalue weighted by Gasteiger charge is -2.40. The van der Waals surface area contributed by atoms with E-state index in [4.69, 9.17) is 9.47 Å². The van der Waals surface area contributed by atoms with Gasteiger partial charge in [-0.25, -0.2) is 0 Å². The molecule has 0 aromatic carbocycles. The van der Waals surface area contributed by atoms with Gasteiger partial charge in [-0.05, 0) is 5.92 Å². The van der Waals surface area contributed by atoms with Crippen LogP contribution in [0.15, 0.2) is 0 Å². The van der Waals surface area contributed by atoms with Crippen molar-refractivity contribution in [1.29, 1.82) is 0 Å². The lowest BCUT2D eigenvalue weighted by atomic mass is 9.88. The number of ether oxygens (including phenoxy) is 2. The Labute approximate surface area is 80.0 Å². The Kier molecular flexibility index (Phi) is 3.71. The van der Waals surface area contributed by atoms with Gasteiger partial charge in [0.15, 0.2) is 0 Å². The molecule has 3 heteroatoms. The first-order valence-electron chi connectivity index (χ1n) is 4.90. The maximum Gasteiger partial charge on any atom is 0.110 e. The maximum atomic E-state index is 9.85. The molecule has 3 nitrogen and oxygen atoms in total. The Morgan fingerprint density at radius 2 is 2.08 bits per heavy atom. The van der Waals surface area contributed by atoms with E-state index in [2.05, 4.69) is 13.8 Å². The Bertz CT molecular complexity index is 158. The Morgan fingerprint density at radius 3 is 2.54 bits per heavy atom. The molecular formula is C10H20O3. The summed E-state index contributed by atoms with van der Waals surface area (Å²) in [4.78, 5) is 0. The van der Waals surface area contributed by atoms with Crippen molar-refractivity contribution in [2.45, 2.75) is 39.1 Å². The normalized spacial score (nSPS) is 41.1. The van der Waals surface area contributed by atoms with Gasteiger partial charge in [0, 0.05) is 13.0 Å². The number of hydrogen-bond donors (Lipinski definition) is 1. The molecule has 1 rings (SSSR count). The summed E-state index contributed by atoms with van der Waals surface area (Å²) in [5, 5.41) is 9.85. The number of aliphatic hydroxyl groups excluding tert-OH is 1. The topological polar surface area (TPSA) is 38.7 Å². The van der Waals surface area contributed by atoms with Crippen LogP contribution in [-0.2, 0) is 9.47 Å². The van der Waals surface area contributed by atoms with Crippen molar-refractivity contribution in [2.75, 3.05) is 13.7 Å². The third-order valence-corrected chi connectivity index (χ3v) is 2.72. The summed E-state index contributed by atoms with van der Waals surface area (Å²) in [5.74, 6) is 0.548. The summed E-state index contributed by atoms with van der Waals surface area (Å²) in [6.45, 7) is 6.77. The van der Waals surface area contributed by atoms with E-state index >= 15 is 0 Å². The minimum absolute atomic E-state index is 0.0243. The largest absolute Gasteiger partial charge is 0.390 e. The third kappa shape index (κ3) is 2.22. The van der Waals surface area contributed by atoms with Gasteiger partial charge in [0.25, 0.3) is 0 Å². The molecule has 0 bridgehead atoms. The van der Waals surface area contributed by atoms with Crippen molar-refractivity contribution in [3.8, 4) is 0 Å². The highest BCUT2D eigenvalue weighted by molar-refractivity contribution is 4.87. The fourth-order valence-electron chi connectivity index (χ4n) is 1.82. The van der Waals surface area contributed by atoms with Crippen molar-refractivity contribution >= 4 is 0 Å². The third-order valence-electron chi connectivity index (χ3n) is 2.72. The molecule has 0 saturated carbocycles. The molecule has 1 aliphatic heterocycles. The van der Waals surface area contributed by atoms with Crippen LogP contribution in [0.2, 0.25) is 0 Å². The standard InChI is InChI=1S/C10H20O3/c1-6(2)9-10(12-4)8(11)7(3)5-13-9/h6-11H,5H2,1-4H3/t7-,8+,9?,10-/m1/s1. The van der Waals surface area contributed by atoms with Crippen LogP contribution in [-0.4, -0.2) is 37.1 Å². The maximum absolute atomic E-state index is 9.85. The van der Waals surface area contributed by atoms with Crippen LogP contribution in [0.3, 0.4) is 0 Å². The molecule has 1 unspecified atom stereocenters. The molecule has 0 aromatic heterocycles. The van der Waals surface area contributed by atoms with Gasteiger partial charge in [-0.15, -0.1) is 0 Å². The lowest BCUT2D eigenvalue weighted by molar-refractivity contribution is -0.183. The summed E-state index contributed by atoms with van der Waals surface area (Å²) in [6.07, 6.45) is -0.550. The zero-order valence-corrected chi connectivity index (χ0v) is 8.86. The Hall–Kier alpha value is -0.120. The molecule has 1 aliphatic rings. The van der Waals surface area contributed by atoms with Crippen LogP contribution in [0, 0.1) is 11.8 Å². The Balaban J connectivity index is 2.66. The zero-order valence-electron chi connectivity index (χ0n) is 8.86. The van der Waals surface area contributed by atoms with E-state index in [1.165, 1.54) is 0 Å². The predicted octanol–water partition coefficient (Wildman–Crippen LogP) is 1.05. The second-order valence-corrected chi connectivity index (χ2v) is 4.21. The molecule has 1 fully saturated rings. The summed E-state index contributed by atoms with van der Waals surface area (Å²) in [7, 11) is 1.63. The van der Waals surface area contributed by atoms with Crippen LogP contribution in [0.25, 0.3) is 0 Å². The molecule has 13 heavy (non-hydrogen) atoms. The molecule has 1 heterocycles. The molecule has 1 saturated heterocycles. The number of rotatable bonds is 2. The first-order valence-corrected chi connectivity index (χ1v) is 4.90. The van der Waals surface area contributed by atoms with Crippen molar-refractivity contribution in [1.82, 2.24) is 0 Å². The quantitative estimate of drug-likeness (QED) is 0.704. The van der Waals surface area contributed by atoms with Gasteiger partial charge < -0.3 is 14.6 Å². The smallest absolute Gasteiger partial charge is 0.110 e. The second-order valence-electron chi connectivity index (χ2n) is 4.21. The fourth-order valence-corrected chi connectivity index (χ4v) is 1.82. The number of hydrogen-bond acceptors (Lipinski definition) is 3. The number of methoxy groups -OCH3 is 1. The molecule has 0 radical (unpaired) electrons. The van der Waals surface area contributed by atoms with E-state index in [1.54, 1.807) is 7.11 Å². The van der Waals surface area contributed by atoms with Gasteiger partial charge in [0.2, 0.25) is 0 Å². The van der Waals surface area contributed by atoms with Crippen LogP contribution in [0.5, 0.6) is 0 Å². The van der Waals surface area contributed by atoms with Crippen molar-refractivity contribution in [3.63, 3.8) is 0 Å². The molecule has 1 N–H and O–H groups in total. The van der Waals surface area contributed by atoms with Crippen LogP contribution in [0.1, 0.15) is 20.8 Å². The van der Waals surface area contributed by atoms with Crippen molar-refractivity contribution in [2.24, 2.45) is 11.8 Å². The minimum atomic E-state index is -0.397. The van der Waals surface area contributed by atoms with E-state index in [0.717, 1.165) is 0 Å². The van der Waals surface area contributed by atoms with E-state index in [1.807, 2.05) is 6.92 Å².